The van der Waals surface area contributed by atoms with Crippen molar-refractivity contribution in [1.82, 2.24) is 10.2 Å². The van der Waals surface area contributed by atoms with Gasteiger partial charge >= 0.3 is 0 Å². The average Bonchev–Trinajstić information content (AvgIpc) is 2.35. The summed E-state index contributed by atoms with van der Waals surface area (Å²) in [5, 5.41) is 3.65. The van der Waals surface area contributed by atoms with Gasteiger partial charge in [-0.25, -0.2) is 0 Å². The zero-order valence-electron chi connectivity index (χ0n) is 13.8. The van der Waals surface area contributed by atoms with Crippen molar-refractivity contribution < 1.29 is 0 Å². The van der Waals surface area contributed by atoms with Gasteiger partial charge in [-0.15, -0.1) is 0 Å². The maximum absolute atomic E-state index is 3.65. The van der Waals surface area contributed by atoms with E-state index in [1.54, 1.807) is 0 Å². The maximum atomic E-state index is 3.65. The van der Waals surface area contributed by atoms with Crippen LogP contribution in [-0.2, 0) is 0 Å². The zero-order valence-corrected chi connectivity index (χ0v) is 13.8. The Labute approximate surface area is 116 Å². The van der Waals surface area contributed by atoms with E-state index >= 15 is 0 Å². The van der Waals surface area contributed by atoms with Crippen LogP contribution < -0.4 is 5.32 Å². The van der Waals surface area contributed by atoms with Crippen LogP contribution in [0.15, 0.2) is 0 Å². The Balaban J connectivity index is 4.43. The van der Waals surface area contributed by atoms with Crippen molar-refractivity contribution in [3.63, 3.8) is 0 Å². The second kappa shape index (κ2) is 9.80. The molecule has 0 aliphatic heterocycles. The van der Waals surface area contributed by atoms with Crippen LogP contribution in [0, 0.1) is 5.92 Å². The Morgan fingerprint density at radius 2 is 1.44 bits per heavy atom. The highest BCUT2D eigenvalue weighted by molar-refractivity contribution is 4.78. The standard InChI is InChI=1S/C16H36N2/c1-8-14(6)17-11-15(7)18(12-13(4)5)16(9-2)10-3/h13-17H,8-12H2,1-7H3. The molecular formula is C16H36N2. The Hall–Kier alpha value is -0.0800. The molecule has 0 aliphatic rings. The van der Waals surface area contributed by atoms with Crippen molar-refractivity contribution in [3.05, 3.63) is 0 Å². The normalized spacial score (nSPS) is 15.7. The Bertz CT molecular complexity index is 188. The molecule has 0 aromatic carbocycles. The summed E-state index contributed by atoms with van der Waals surface area (Å²) >= 11 is 0. The molecule has 0 rings (SSSR count). The average molecular weight is 256 g/mol. The molecule has 2 heteroatoms. The van der Waals surface area contributed by atoms with Crippen LogP contribution in [0.5, 0.6) is 0 Å². The van der Waals surface area contributed by atoms with E-state index in [1.807, 2.05) is 0 Å². The van der Waals surface area contributed by atoms with Crippen molar-refractivity contribution in [2.24, 2.45) is 5.92 Å². The minimum absolute atomic E-state index is 0.631. The summed E-state index contributed by atoms with van der Waals surface area (Å²) in [5.41, 5.74) is 0. The van der Waals surface area contributed by atoms with Gasteiger partial charge < -0.3 is 5.32 Å². The molecule has 18 heavy (non-hydrogen) atoms. The smallest absolute Gasteiger partial charge is 0.0195 e. The van der Waals surface area contributed by atoms with Crippen molar-refractivity contribution in [2.45, 2.75) is 85.9 Å². The van der Waals surface area contributed by atoms with Gasteiger partial charge in [0.15, 0.2) is 0 Å². The Kier molecular flexibility index (Phi) is 9.76. The van der Waals surface area contributed by atoms with Crippen LogP contribution in [0.2, 0.25) is 0 Å². The van der Waals surface area contributed by atoms with Crippen molar-refractivity contribution >= 4 is 0 Å². The van der Waals surface area contributed by atoms with Gasteiger partial charge in [-0.1, -0.05) is 34.6 Å². The summed E-state index contributed by atoms with van der Waals surface area (Å²) < 4.78 is 0. The lowest BCUT2D eigenvalue weighted by molar-refractivity contribution is 0.115. The minimum atomic E-state index is 0.631. The molecule has 0 aromatic rings. The fraction of sp³-hybridized carbons (Fsp3) is 1.00. The molecule has 0 spiro atoms. The van der Waals surface area contributed by atoms with Crippen LogP contribution in [0.4, 0.5) is 0 Å². The third kappa shape index (κ3) is 6.75. The molecule has 0 amide bonds. The fourth-order valence-corrected chi connectivity index (χ4v) is 2.50. The van der Waals surface area contributed by atoms with Gasteiger partial charge in [0.05, 0.1) is 0 Å². The van der Waals surface area contributed by atoms with Gasteiger partial charge in [-0.2, -0.15) is 0 Å². The second-order valence-electron chi connectivity index (χ2n) is 6.13. The second-order valence-corrected chi connectivity index (χ2v) is 6.13. The Morgan fingerprint density at radius 3 is 1.83 bits per heavy atom. The predicted octanol–water partition coefficient (Wildman–Crippen LogP) is 3.91. The van der Waals surface area contributed by atoms with E-state index in [0.29, 0.717) is 12.1 Å². The zero-order chi connectivity index (χ0) is 14.1. The molecule has 0 saturated carbocycles. The predicted molar refractivity (Wildman–Crippen MR) is 83.1 cm³/mol. The molecule has 1 N–H and O–H groups in total. The number of nitrogens with one attached hydrogen (secondary N) is 1. The van der Waals surface area contributed by atoms with Crippen LogP contribution in [-0.4, -0.2) is 36.1 Å². The molecule has 0 aliphatic carbocycles. The SMILES string of the molecule is CCC(C)NCC(C)N(CC(C)C)C(CC)CC. The summed E-state index contributed by atoms with van der Waals surface area (Å²) in [6.07, 6.45) is 3.73. The van der Waals surface area contributed by atoms with E-state index < -0.39 is 0 Å². The van der Waals surface area contributed by atoms with Crippen LogP contribution in [0.3, 0.4) is 0 Å². The first-order valence-corrected chi connectivity index (χ1v) is 7.95. The third-order valence-electron chi connectivity index (χ3n) is 3.93. The van der Waals surface area contributed by atoms with E-state index in [0.717, 1.165) is 18.5 Å². The molecule has 0 bridgehead atoms. The first kappa shape index (κ1) is 17.9. The Morgan fingerprint density at radius 1 is 0.889 bits per heavy atom. The van der Waals surface area contributed by atoms with Gasteiger partial charge in [0.2, 0.25) is 0 Å². The molecule has 110 valence electrons. The summed E-state index contributed by atoms with van der Waals surface area (Å²) in [6.45, 7) is 18.5. The van der Waals surface area contributed by atoms with Crippen LogP contribution in [0.25, 0.3) is 0 Å². The molecule has 0 aromatic heterocycles. The number of hydrogen-bond donors (Lipinski definition) is 1. The number of hydrogen-bond acceptors (Lipinski definition) is 2. The summed E-state index contributed by atoms with van der Waals surface area (Å²) in [6, 6.07) is 2.00. The molecule has 2 unspecified atom stereocenters. The van der Waals surface area contributed by atoms with E-state index in [2.05, 4.69) is 58.7 Å². The molecule has 2 atom stereocenters. The summed E-state index contributed by atoms with van der Waals surface area (Å²) in [7, 11) is 0. The van der Waals surface area contributed by atoms with E-state index in [-0.39, 0.29) is 0 Å². The number of rotatable bonds is 10. The van der Waals surface area contributed by atoms with Gasteiger partial charge in [0, 0.05) is 31.2 Å². The van der Waals surface area contributed by atoms with E-state index in [9.17, 15) is 0 Å². The lowest BCUT2D eigenvalue weighted by atomic mass is 10.0. The van der Waals surface area contributed by atoms with Gasteiger partial charge in [-0.3, -0.25) is 4.90 Å². The van der Waals surface area contributed by atoms with E-state index in [1.165, 1.54) is 25.8 Å². The highest BCUT2D eigenvalue weighted by atomic mass is 15.2. The molecular weight excluding hydrogens is 220 g/mol. The molecule has 0 heterocycles. The molecule has 2 nitrogen and oxygen atoms in total. The molecule has 0 fully saturated rings. The van der Waals surface area contributed by atoms with Crippen molar-refractivity contribution in [1.29, 1.82) is 0 Å². The third-order valence-corrected chi connectivity index (χ3v) is 3.93. The van der Waals surface area contributed by atoms with E-state index in [4.69, 9.17) is 0 Å². The first-order chi connectivity index (χ1) is 8.46. The topological polar surface area (TPSA) is 15.3 Å². The lowest BCUT2D eigenvalue weighted by Gasteiger charge is -2.37. The fourth-order valence-electron chi connectivity index (χ4n) is 2.50. The van der Waals surface area contributed by atoms with Crippen molar-refractivity contribution in [3.8, 4) is 0 Å². The summed E-state index contributed by atoms with van der Waals surface area (Å²) in [4.78, 5) is 2.71. The van der Waals surface area contributed by atoms with Gasteiger partial charge in [-0.05, 0) is 39.0 Å². The lowest BCUT2D eigenvalue weighted by Crippen LogP contribution is -2.48. The highest BCUT2D eigenvalue weighted by Gasteiger charge is 2.21. The number of nitrogens with zero attached hydrogens (tertiary/aromatic N) is 1. The van der Waals surface area contributed by atoms with Gasteiger partial charge in [0.25, 0.3) is 0 Å². The monoisotopic (exact) mass is 256 g/mol. The van der Waals surface area contributed by atoms with Crippen LogP contribution >= 0.6 is 0 Å². The minimum Gasteiger partial charge on any atom is -0.313 e. The van der Waals surface area contributed by atoms with Crippen molar-refractivity contribution in [2.75, 3.05) is 13.1 Å². The molecule has 0 radical (unpaired) electrons. The summed E-state index contributed by atoms with van der Waals surface area (Å²) in [5.74, 6) is 0.747. The molecule has 0 saturated heterocycles. The largest absolute Gasteiger partial charge is 0.313 e. The quantitative estimate of drug-likeness (QED) is 0.637. The highest BCUT2D eigenvalue weighted by Crippen LogP contribution is 2.15. The van der Waals surface area contributed by atoms with Crippen LogP contribution in [0.1, 0.15) is 67.7 Å². The first-order valence-electron chi connectivity index (χ1n) is 7.95. The maximum Gasteiger partial charge on any atom is 0.0195 e. The van der Waals surface area contributed by atoms with Gasteiger partial charge in [0.1, 0.15) is 0 Å².